The quantitative estimate of drug-likeness (QED) is 0.435. The van der Waals surface area contributed by atoms with Crippen molar-refractivity contribution in [3.8, 4) is 5.04 Å². The summed E-state index contributed by atoms with van der Waals surface area (Å²) in [5.41, 5.74) is 0. The molecule has 27 valence electrons. The van der Waals surface area contributed by atoms with E-state index in [1.165, 1.54) is 5.04 Å². The largest absolute Gasteiger partial charge is 0 e. The summed E-state index contributed by atoms with van der Waals surface area (Å²) < 4.78 is 0. The molecule has 0 rings (SSSR count). The van der Waals surface area contributed by atoms with E-state index in [0.29, 0.717) is 0 Å². The van der Waals surface area contributed by atoms with Crippen LogP contribution in [0.2, 0.25) is 0 Å². The molecule has 0 unspecified atom stereocenters. The Morgan fingerprint density at radius 1 is 1.75 bits per heavy atom. The van der Waals surface area contributed by atoms with E-state index >= 15 is 0 Å². The predicted octanol–water partition coefficient (Wildman–Crippen LogP) is 0.0118. The van der Waals surface area contributed by atoms with Crippen LogP contribution >= 0.6 is 0 Å². The molecule has 0 saturated carbocycles. The third-order valence-electron chi connectivity index (χ3n) is 0. The van der Waals surface area contributed by atoms with Crippen LogP contribution in [-0.4, -0.2) is 0 Å². The molecule has 0 bridgehead atoms. The molecule has 0 aliphatic carbocycles. The Hall–Kier alpha value is 0.503. The molecule has 0 amide bonds. The number of hydrogen-bond donors (Lipinski definition) is 0. The van der Waals surface area contributed by atoms with Gasteiger partial charge in [-0.25, -0.2) is 0 Å². The summed E-state index contributed by atoms with van der Waals surface area (Å²) in [5.74, 6) is 0. The zero-order valence-corrected chi connectivity index (χ0v) is 3.71. The molecule has 1 nitrogen and oxygen atoms in total. The zero-order valence-electron chi connectivity index (χ0n) is 1.62. The summed E-state index contributed by atoms with van der Waals surface area (Å²) in [6.45, 7) is 0. The van der Waals surface area contributed by atoms with E-state index in [4.69, 9.17) is 5.26 Å². The van der Waals surface area contributed by atoms with Gasteiger partial charge in [-0.2, -0.15) is 0 Å². The first-order valence-corrected chi connectivity index (χ1v) is 0.876. The minimum atomic E-state index is 0. The van der Waals surface area contributed by atoms with Crippen LogP contribution in [0.1, 0.15) is 0 Å². The van der Waals surface area contributed by atoms with Crippen LogP contribution in [-0.2, 0) is 32.5 Å². The molecule has 0 fully saturated rings. The van der Waals surface area contributed by atoms with Crippen LogP contribution < -0.4 is 0 Å². The van der Waals surface area contributed by atoms with E-state index in [-0.39, 0.29) is 17.1 Å². The van der Waals surface area contributed by atoms with Crippen LogP contribution in [0.15, 0.2) is 0 Å². The summed E-state index contributed by atoms with van der Waals surface area (Å²) >= 11 is 3.47. The molecule has 0 aromatic rings. The van der Waals surface area contributed by atoms with Gasteiger partial charge in [0.15, 0.2) is 0 Å². The molecule has 4 heavy (non-hydrogen) atoms. The van der Waals surface area contributed by atoms with Gasteiger partial charge in [-0.05, 0) is 0 Å². The van der Waals surface area contributed by atoms with Crippen LogP contribution in [0, 0.1) is 10.3 Å². The first-order chi connectivity index (χ1) is 1.41. The Labute approximate surface area is 43.2 Å². The summed E-state index contributed by atoms with van der Waals surface area (Å²) in [6.07, 6.45) is 0. The predicted molar refractivity (Wildman–Crippen MR) is 5.61 cm³/mol. The molecule has 0 saturated heterocycles. The van der Waals surface area contributed by atoms with Gasteiger partial charge in [0.25, 0.3) is 0 Å². The van der Waals surface area contributed by atoms with E-state index < -0.39 is 0 Å². The smallest absolute Gasteiger partial charge is 0 e. The fraction of sp³-hybridized carbons (Fsp3) is 0. The van der Waals surface area contributed by atoms with Crippen LogP contribution in [0.5, 0.6) is 0 Å². The van der Waals surface area contributed by atoms with E-state index in [9.17, 15) is 0 Å². The molecular weight excluding hydrogens is 141 g/mol. The Morgan fingerprint density at radius 3 is 1.75 bits per heavy atom. The standard InChI is InChI=1S/CN.Fe.Ni/c1-2;;. The first kappa shape index (κ1) is 8.82. The second-order valence-corrected chi connectivity index (χ2v) is 0.292. The molecule has 0 N–H and O–H groups in total. The Kier molecular flexibility index (Phi) is 21.4. The molecule has 0 aromatic carbocycles. The van der Waals surface area contributed by atoms with Gasteiger partial charge in [0.1, 0.15) is 0 Å². The minimum Gasteiger partial charge on any atom is 0 e. The number of nitrogens with zero attached hydrogens (tertiary/aromatic N) is 1. The Morgan fingerprint density at radius 2 is 1.75 bits per heavy atom. The van der Waals surface area contributed by atoms with Gasteiger partial charge in [0.05, 0.1) is 0 Å². The molecule has 0 heterocycles. The van der Waals surface area contributed by atoms with E-state index in [0.717, 1.165) is 0 Å². The summed E-state index contributed by atoms with van der Waals surface area (Å²) in [7, 11) is 0. The summed E-state index contributed by atoms with van der Waals surface area (Å²) in [6, 6.07) is 0. The maximum atomic E-state index is 7.15. The monoisotopic (exact) mass is 140 g/mol. The van der Waals surface area contributed by atoms with Crippen molar-refractivity contribution >= 4 is 0 Å². The van der Waals surface area contributed by atoms with Crippen molar-refractivity contribution in [2.24, 2.45) is 0 Å². The third kappa shape index (κ3) is 22.3. The van der Waals surface area contributed by atoms with Crippen molar-refractivity contribution < 1.29 is 32.5 Å². The molecule has 0 aromatic heterocycles. The minimum absolute atomic E-state index is 0. The molecule has 0 aliphatic heterocycles. The van der Waals surface area contributed by atoms with Crippen molar-refractivity contribution in [1.82, 2.24) is 0 Å². The van der Waals surface area contributed by atoms with Crippen molar-refractivity contribution in [2.75, 3.05) is 0 Å². The van der Waals surface area contributed by atoms with Crippen LogP contribution in [0.25, 0.3) is 0 Å². The van der Waals surface area contributed by atoms with Crippen molar-refractivity contribution in [1.29, 1.82) is 5.26 Å². The topological polar surface area (TPSA) is 23.8 Å². The molecule has 0 aliphatic rings. The van der Waals surface area contributed by atoms with Gasteiger partial charge < -0.3 is 0 Å². The SMILES string of the molecule is N#[C][Ni].[Fe]. The first-order valence-electron chi connectivity index (χ1n) is 0.382. The van der Waals surface area contributed by atoms with Gasteiger partial charge in [0, 0.05) is 17.1 Å². The second kappa shape index (κ2) is 9.72. The molecule has 0 spiro atoms. The third-order valence-corrected chi connectivity index (χ3v) is 0. The number of rotatable bonds is 0. The van der Waals surface area contributed by atoms with E-state index in [2.05, 4.69) is 15.5 Å². The average Bonchev–Trinajstić information content (AvgIpc) is 0.918. The zero-order chi connectivity index (χ0) is 2.71. The summed E-state index contributed by atoms with van der Waals surface area (Å²) in [5, 5.41) is 8.53. The van der Waals surface area contributed by atoms with Crippen molar-refractivity contribution in [3.05, 3.63) is 0 Å². The second-order valence-electron chi connectivity index (χ2n) is 0.0707. The molecule has 0 atom stereocenters. The van der Waals surface area contributed by atoms with Gasteiger partial charge in [-0.3, -0.25) is 0 Å². The fourth-order valence-electron chi connectivity index (χ4n) is 0. The van der Waals surface area contributed by atoms with Gasteiger partial charge in [0.2, 0.25) is 0 Å². The maximum absolute atomic E-state index is 7.15. The molecular formula is CFeNNi. The molecule has 3 heteroatoms. The Bertz CT molecular complexity index is 29.5. The fourth-order valence-corrected chi connectivity index (χ4v) is 0. The van der Waals surface area contributed by atoms with E-state index in [1.54, 1.807) is 0 Å². The molecule has 0 radical (unpaired) electrons. The Balaban J connectivity index is 0. The van der Waals surface area contributed by atoms with Crippen molar-refractivity contribution in [2.45, 2.75) is 0 Å². The average molecular weight is 141 g/mol. The van der Waals surface area contributed by atoms with Gasteiger partial charge >= 0.3 is 25.8 Å². The maximum Gasteiger partial charge on any atom is 0 e. The summed E-state index contributed by atoms with van der Waals surface area (Å²) in [4.78, 5) is 0. The van der Waals surface area contributed by atoms with Crippen LogP contribution in [0.4, 0.5) is 0 Å². The van der Waals surface area contributed by atoms with E-state index in [1.807, 2.05) is 0 Å². The van der Waals surface area contributed by atoms with Crippen molar-refractivity contribution in [3.63, 3.8) is 0 Å². The van der Waals surface area contributed by atoms with Gasteiger partial charge in [-0.15, -0.1) is 0 Å². The number of hydrogen-bond acceptors (Lipinski definition) is 1. The van der Waals surface area contributed by atoms with Gasteiger partial charge in [-0.1, -0.05) is 0 Å². The normalized spacial score (nSPS) is 2.25. The van der Waals surface area contributed by atoms with Crippen LogP contribution in [0.3, 0.4) is 0 Å². The number of nitriles is 1.